The van der Waals surface area contributed by atoms with Crippen LogP contribution in [0.5, 0.6) is 0 Å². The van der Waals surface area contributed by atoms with Crippen molar-refractivity contribution >= 4 is 46.7 Å². The standard InChI is InChI=1S/C31H30ClNO4S/c32-23-16-14-21(15-17-23)26-27(29(34)25-12-7-19-38-25)24(18-13-20-8-3-1-4-9-20)33(28(26)31(36)37)30(35)22-10-5-2-6-11-22/h1,3-4,7-9,12-19,22,24,26-28H,2,5-6,10-11H2,(H,36,37). The lowest BCUT2D eigenvalue weighted by atomic mass is 9.78. The Morgan fingerprint density at radius 2 is 1.63 bits per heavy atom. The molecule has 2 heterocycles. The highest BCUT2D eigenvalue weighted by molar-refractivity contribution is 7.12. The highest BCUT2D eigenvalue weighted by Crippen LogP contribution is 2.47. The number of ketones is 1. The van der Waals surface area contributed by atoms with Crippen molar-refractivity contribution in [1.82, 2.24) is 4.90 Å². The summed E-state index contributed by atoms with van der Waals surface area (Å²) in [6.45, 7) is 0. The molecular weight excluding hydrogens is 518 g/mol. The summed E-state index contributed by atoms with van der Waals surface area (Å²) in [7, 11) is 0. The normalized spacial score (nSPS) is 24.1. The minimum absolute atomic E-state index is 0.146. The quantitative estimate of drug-likeness (QED) is 0.325. The Bertz CT molecular complexity index is 1300. The monoisotopic (exact) mass is 547 g/mol. The third-order valence-electron chi connectivity index (χ3n) is 7.78. The number of aliphatic carboxylic acids is 1. The van der Waals surface area contributed by atoms with Crippen LogP contribution < -0.4 is 0 Å². The van der Waals surface area contributed by atoms with E-state index in [0.29, 0.717) is 15.5 Å². The summed E-state index contributed by atoms with van der Waals surface area (Å²) in [5.41, 5.74) is 1.61. The van der Waals surface area contributed by atoms with Gasteiger partial charge in [-0.25, -0.2) is 4.79 Å². The van der Waals surface area contributed by atoms with Gasteiger partial charge in [-0.15, -0.1) is 11.3 Å². The topological polar surface area (TPSA) is 74.7 Å². The maximum atomic E-state index is 14.1. The summed E-state index contributed by atoms with van der Waals surface area (Å²) in [6.07, 6.45) is 8.21. The number of likely N-dealkylation sites (tertiary alicyclic amines) is 1. The van der Waals surface area contributed by atoms with Crippen LogP contribution in [0.2, 0.25) is 5.02 Å². The molecule has 196 valence electrons. The third-order valence-corrected chi connectivity index (χ3v) is 8.92. The highest BCUT2D eigenvalue weighted by atomic mass is 35.5. The SMILES string of the molecule is O=C(c1cccs1)C1C(c2ccc(Cl)cc2)C(C(=O)O)N(C(=O)C2CCCCC2)C1C=Cc1ccccc1. The Kier molecular flexibility index (Phi) is 8.10. The van der Waals surface area contributed by atoms with Crippen LogP contribution in [0.25, 0.3) is 6.08 Å². The lowest BCUT2D eigenvalue weighted by molar-refractivity contribution is -0.151. The van der Waals surface area contributed by atoms with Gasteiger partial charge in [-0.1, -0.05) is 91.5 Å². The van der Waals surface area contributed by atoms with Gasteiger partial charge in [-0.3, -0.25) is 9.59 Å². The average Bonchev–Trinajstić information content (AvgIpc) is 3.60. The molecule has 1 saturated carbocycles. The zero-order chi connectivity index (χ0) is 26.6. The first-order valence-electron chi connectivity index (χ1n) is 13.1. The van der Waals surface area contributed by atoms with Gasteiger partial charge < -0.3 is 10.0 Å². The zero-order valence-corrected chi connectivity index (χ0v) is 22.5. The first kappa shape index (κ1) is 26.4. The summed E-state index contributed by atoms with van der Waals surface area (Å²) in [5.74, 6) is -3.14. The second-order valence-electron chi connectivity index (χ2n) is 10.1. The Labute approximate surface area is 231 Å². The number of hydrogen-bond acceptors (Lipinski definition) is 4. The number of nitrogens with zero attached hydrogens (tertiary/aromatic N) is 1. The summed E-state index contributed by atoms with van der Waals surface area (Å²) >= 11 is 7.50. The maximum absolute atomic E-state index is 14.1. The molecule has 1 amide bonds. The third kappa shape index (κ3) is 5.33. The molecule has 1 saturated heterocycles. The van der Waals surface area contributed by atoms with Gasteiger partial charge in [0.15, 0.2) is 5.78 Å². The highest BCUT2D eigenvalue weighted by Gasteiger charge is 2.57. The number of thiophene rings is 1. The Morgan fingerprint density at radius 1 is 0.921 bits per heavy atom. The van der Waals surface area contributed by atoms with Gasteiger partial charge in [0.05, 0.1) is 16.8 Å². The fourth-order valence-corrected chi connectivity index (χ4v) is 6.86. The van der Waals surface area contributed by atoms with E-state index in [1.54, 1.807) is 30.3 Å². The van der Waals surface area contributed by atoms with Crippen LogP contribution >= 0.6 is 22.9 Å². The van der Waals surface area contributed by atoms with Gasteiger partial charge in [-0.05, 0) is 47.5 Å². The van der Waals surface area contributed by atoms with E-state index in [9.17, 15) is 19.5 Å². The van der Waals surface area contributed by atoms with E-state index in [1.165, 1.54) is 16.2 Å². The van der Waals surface area contributed by atoms with E-state index < -0.39 is 29.9 Å². The molecule has 1 aliphatic heterocycles. The minimum Gasteiger partial charge on any atom is -0.480 e. The van der Waals surface area contributed by atoms with Gasteiger partial charge >= 0.3 is 5.97 Å². The molecule has 0 radical (unpaired) electrons. The van der Waals surface area contributed by atoms with E-state index in [4.69, 9.17) is 11.6 Å². The first-order chi connectivity index (χ1) is 18.5. The van der Waals surface area contributed by atoms with E-state index in [-0.39, 0.29) is 17.6 Å². The zero-order valence-electron chi connectivity index (χ0n) is 20.9. The van der Waals surface area contributed by atoms with Gasteiger partial charge in [0.25, 0.3) is 0 Å². The summed E-state index contributed by atoms with van der Waals surface area (Å²) in [5, 5.41) is 13.0. The van der Waals surface area contributed by atoms with Crippen LogP contribution in [-0.4, -0.2) is 39.7 Å². The molecule has 2 aliphatic rings. The molecule has 1 aliphatic carbocycles. The predicted octanol–water partition coefficient (Wildman–Crippen LogP) is 6.94. The average molecular weight is 548 g/mol. The van der Waals surface area contributed by atoms with Crippen molar-refractivity contribution in [2.24, 2.45) is 11.8 Å². The predicted molar refractivity (Wildman–Crippen MR) is 150 cm³/mol. The molecule has 7 heteroatoms. The molecular formula is C31H30ClNO4S. The van der Waals surface area contributed by atoms with Crippen molar-refractivity contribution in [2.45, 2.75) is 50.1 Å². The van der Waals surface area contributed by atoms with Crippen molar-refractivity contribution in [3.05, 3.63) is 99.2 Å². The largest absolute Gasteiger partial charge is 0.480 e. The molecule has 3 aromatic rings. The van der Waals surface area contributed by atoms with Crippen molar-refractivity contribution in [1.29, 1.82) is 0 Å². The lowest BCUT2D eigenvalue weighted by Crippen LogP contribution is -2.49. The number of Topliss-reactive ketones (excluding diaryl/α,β-unsaturated/α-hetero) is 1. The van der Waals surface area contributed by atoms with E-state index >= 15 is 0 Å². The molecule has 4 atom stereocenters. The fourth-order valence-electron chi connectivity index (χ4n) is 6.02. The van der Waals surface area contributed by atoms with Gasteiger partial charge in [0, 0.05) is 16.9 Å². The Morgan fingerprint density at radius 3 is 2.26 bits per heavy atom. The number of hydrogen-bond donors (Lipinski definition) is 1. The Hall–Kier alpha value is -3.22. The van der Waals surface area contributed by atoms with E-state index in [0.717, 1.165) is 37.7 Å². The molecule has 1 aromatic heterocycles. The van der Waals surface area contributed by atoms with E-state index in [1.807, 2.05) is 53.9 Å². The Balaban J connectivity index is 1.67. The molecule has 0 spiro atoms. The van der Waals surface area contributed by atoms with Crippen LogP contribution in [0.4, 0.5) is 0 Å². The number of benzene rings is 2. The van der Waals surface area contributed by atoms with Crippen molar-refractivity contribution in [3.63, 3.8) is 0 Å². The lowest BCUT2D eigenvalue weighted by Gasteiger charge is -2.33. The number of carbonyl (C=O) groups excluding carboxylic acids is 2. The number of halogens is 1. The summed E-state index contributed by atoms with van der Waals surface area (Å²) < 4.78 is 0. The second kappa shape index (κ2) is 11.7. The molecule has 0 bridgehead atoms. The van der Waals surface area contributed by atoms with Gasteiger partial charge in [0.1, 0.15) is 6.04 Å². The smallest absolute Gasteiger partial charge is 0.327 e. The first-order valence-corrected chi connectivity index (χ1v) is 14.3. The van der Waals surface area contributed by atoms with Gasteiger partial charge in [-0.2, -0.15) is 0 Å². The van der Waals surface area contributed by atoms with Gasteiger partial charge in [0.2, 0.25) is 5.91 Å². The van der Waals surface area contributed by atoms with Crippen molar-refractivity contribution < 1.29 is 19.5 Å². The molecule has 5 rings (SSSR count). The number of carboxylic acids is 1. The van der Waals surface area contributed by atoms with Crippen molar-refractivity contribution in [2.75, 3.05) is 0 Å². The van der Waals surface area contributed by atoms with Crippen LogP contribution in [0, 0.1) is 11.8 Å². The van der Waals surface area contributed by atoms with Crippen LogP contribution in [0.3, 0.4) is 0 Å². The van der Waals surface area contributed by atoms with Crippen LogP contribution in [-0.2, 0) is 9.59 Å². The second-order valence-corrected chi connectivity index (χ2v) is 11.5. The number of amides is 1. The van der Waals surface area contributed by atoms with Crippen LogP contribution in [0.1, 0.15) is 58.8 Å². The van der Waals surface area contributed by atoms with Crippen LogP contribution in [0.15, 0.2) is 78.2 Å². The molecule has 2 fully saturated rings. The van der Waals surface area contributed by atoms with E-state index in [2.05, 4.69) is 0 Å². The molecule has 5 nitrogen and oxygen atoms in total. The van der Waals surface area contributed by atoms with Crippen molar-refractivity contribution in [3.8, 4) is 0 Å². The summed E-state index contributed by atoms with van der Waals surface area (Å²) in [4.78, 5) is 43.3. The molecule has 1 N–H and O–H groups in total. The molecule has 2 aromatic carbocycles. The number of carbonyl (C=O) groups is 3. The molecule has 38 heavy (non-hydrogen) atoms. The fraction of sp³-hybridized carbons (Fsp3) is 0.323. The summed E-state index contributed by atoms with van der Waals surface area (Å²) in [6, 6.07) is 18.3. The molecule has 4 unspecified atom stereocenters. The number of rotatable bonds is 7. The minimum atomic E-state index is -1.18. The maximum Gasteiger partial charge on any atom is 0.327 e. The number of carboxylic acid groups (broad SMARTS) is 1.